The number of fused-ring (bicyclic) bond motifs is 1. The van der Waals surface area contributed by atoms with Gasteiger partial charge in [0.05, 0.1) is 5.69 Å². The lowest BCUT2D eigenvalue weighted by Crippen LogP contribution is -2.15. The molecule has 0 unspecified atom stereocenters. The highest BCUT2D eigenvalue weighted by molar-refractivity contribution is 7.98. The first-order chi connectivity index (χ1) is 9.65. The van der Waals surface area contributed by atoms with Crippen molar-refractivity contribution >= 4 is 11.8 Å². The van der Waals surface area contributed by atoms with Crippen molar-refractivity contribution in [2.24, 2.45) is 0 Å². The summed E-state index contributed by atoms with van der Waals surface area (Å²) in [6.07, 6.45) is 4.09. The second-order valence-corrected chi connectivity index (χ2v) is 5.76. The molecule has 3 rings (SSSR count). The van der Waals surface area contributed by atoms with Crippen LogP contribution in [0.5, 0.6) is 0 Å². The number of nitrogens with zero attached hydrogens (tertiary/aromatic N) is 2. The predicted molar refractivity (Wildman–Crippen MR) is 75.4 cm³/mol. The minimum absolute atomic E-state index is 0.0571. The number of hydrogen-bond acceptors (Lipinski definition) is 4. The van der Waals surface area contributed by atoms with E-state index < -0.39 is 0 Å². The molecule has 0 atom stereocenters. The van der Waals surface area contributed by atoms with Crippen LogP contribution in [-0.2, 0) is 18.6 Å². The van der Waals surface area contributed by atoms with E-state index in [0.29, 0.717) is 22.2 Å². The predicted octanol–water partition coefficient (Wildman–Crippen LogP) is 2.39. The summed E-state index contributed by atoms with van der Waals surface area (Å²) in [5.41, 5.74) is 2.86. The van der Waals surface area contributed by atoms with Gasteiger partial charge in [0.2, 0.25) is 0 Å². The zero-order valence-electron chi connectivity index (χ0n) is 11.1. The maximum atomic E-state index is 13.7. The minimum Gasteiger partial charge on any atom is -0.301 e. The van der Waals surface area contributed by atoms with Crippen LogP contribution in [0.1, 0.15) is 28.9 Å². The molecule has 2 aromatic rings. The lowest BCUT2D eigenvalue weighted by Gasteiger charge is -2.06. The second-order valence-electron chi connectivity index (χ2n) is 4.80. The van der Waals surface area contributed by atoms with E-state index in [1.54, 1.807) is 6.92 Å². The fourth-order valence-corrected chi connectivity index (χ4v) is 3.33. The fraction of sp³-hybridized carbons (Fsp3) is 0.357. The molecule has 4 nitrogen and oxygen atoms in total. The number of nitrogens with one attached hydrogen (secondary N) is 1. The first kappa shape index (κ1) is 13.3. The Labute approximate surface area is 119 Å². The van der Waals surface area contributed by atoms with Gasteiger partial charge in [-0.1, -0.05) is 11.8 Å². The Balaban J connectivity index is 1.83. The van der Waals surface area contributed by atoms with Gasteiger partial charge in [-0.25, -0.2) is 9.37 Å². The van der Waals surface area contributed by atoms with Gasteiger partial charge in [0, 0.05) is 28.8 Å². The van der Waals surface area contributed by atoms with Crippen molar-refractivity contribution in [3.63, 3.8) is 0 Å². The summed E-state index contributed by atoms with van der Waals surface area (Å²) in [5.74, 6) is 0.140. The van der Waals surface area contributed by atoms with E-state index in [9.17, 15) is 9.18 Å². The standard InChI is InChI=1S/C14H14FN3OS/c1-8-10(11(15)5-6-16-8)7-20-14-17-12-4-2-3-9(12)13(19)18-14/h5-6H,2-4,7H2,1H3,(H,17,18,19). The maximum Gasteiger partial charge on any atom is 0.254 e. The zero-order chi connectivity index (χ0) is 14.1. The van der Waals surface area contributed by atoms with Gasteiger partial charge in [0.25, 0.3) is 5.56 Å². The molecule has 0 aliphatic heterocycles. The topological polar surface area (TPSA) is 58.6 Å². The molecule has 1 aliphatic rings. The van der Waals surface area contributed by atoms with Crippen LogP contribution in [0, 0.1) is 12.7 Å². The highest BCUT2D eigenvalue weighted by Crippen LogP contribution is 2.24. The Hall–Kier alpha value is -1.69. The molecule has 0 saturated heterocycles. The lowest BCUT2D eigenvalue weighted by molar-refractivity contribution is 0.612. The molecule has 0 spiro atoms. The van der Waals surface area contributed by atoms with Gasteiger partial charge in [-0.2, -0.15) is 0 Å². The molecule has 2 heterocycles. The van der Waals surface area contributed by atoms with Crippen LogP contribution in [0.15, 0.2) is 22.2 Å². The van der Waals surface area contributed by atoms with Gasteiger partial charge in [0.1, 0.15) is 5.82 Å². The summed E-state index contributed by atoms with van der Waals surface area (Å²) in [6.45, 7) is 1.78. The Morgan fingerprint density at radius 2 is 2.30 bits per heavy atom. The van der Waals surface area contributed by atoms with Crippen molar-refractivity contribution in [3.05, 3.63) is 50.9 Å². The summed E-state index contributed by atoms with van der Waals surface area (Å²) in [6, 6.07) is 1.35. The molecule has 0 saturated carbocycles. The molecule has 0 amide bonds. The van der Waals surface area contributed by atoms with Crippen LogP contribution in [0.2, 0.25) is 0 Å². The van der Waals surface area contributed by atoms with Crippen molar-refractivity contribution in [1.29, 1.82) is 0 Å². The largest absolute Gasteiger partial charge is 0.301 e. The summed E-state index contributed by atoms with van der Waals surface area (Å²) < 4.78 is 13.7. The number of H-pyrrole nitrogens is 1. The number of thioether (sulfide) groups is 1. The molecule has 6 heteroatoms. The summed E-state index contributed by atoms with van der Waals surface area (Å²) in [7, 11) is 0. The average molecular weight is 291 g/mol. The molecule has 0 fully saturated rings. The molecular formula is C14H14FN3OS. The van der Waals surface area contributed by atoms with Crippen molar-refractivity contribution in [1.82, 2.24) is 15.0 Å². The average Bonchev–Trinajstić information content (AvgIpc) is 2.87. The van der Waals surface area contributed by atoms with Gasteiger partial charge in [-0.15, -0.1) is 0 Å². The van der Waals surface area contributed by atoms with Crippen molar-refractivity contribution in [2.45, 2.75) is 37.1 Å². The van der Waals surface area contributed by atoms with Gasteiger partial charge in [0.15, 0.2) is 5.16 Å². The maximum absolute atomic E-state index is 13.7. The van der Waals surface area contributed by atoms with Crippen molar-refractivity contribution < 1.29 is 4.39 Å². The van der Waals surface area contributed by atoms with Gasteiger partial charge < -0.3 is 4.98 Å². The Bertz CT molecular complexity index is 694. The Kier molecular flexibility index (Phi) is 3.56. The highest BCUT2D eigenvalue weighted by Gasteiger charge is 2.17. The molecule has 1 N–H and O–H groups in total. The minimum atomic E-state index is -0.270. The number of pyridine rings is 1. The van der Waals surface area contributed by atoms with E-state index in [1.807, 2.05) is 0 Å². The molecule has 1 aliphatic carbocycles. The van der Waals surface area contributed by atoms with Gasteiger partial charge in [-0.3, -0.25) is 9.78 Å². The number of rotatable bonds is 3. The third-order valence-corrected chi connectivity index (χ3v) is 4.39. The highest BCUT2D eigenvalue weighted by atomic mass is 32.2. The molecular weight excluding hydrogens is 277 g/mol. The van der Waals surface area contributed by atoms with E-state index in [4.69, 9.17) is 0 Å². The van der Waals surface area contributed by atoms with E-state index in [1.165, 1.54) is 24.0 Å². The Morgan fingerprint density at radius 3 is 3.10 bits per heavy atom. The van der Waals surface area contributed by atoms with Crippen LogP contribution in [-0.4, -0.2) is 15.0 Å². The lowest BCUT2D eigenvalue weighted by atomic mass is 10.2. The SMILES string of the molecule is Cc1nccc(F)c1CSc1nc2c(c(=O)[nH]1)CCC2. The van der Waals surface area contributed by atoms with Gasteiger partial charge in [-0.05, 0) is 32.3 Å². The first-order valence-corrected chi connectivity index (χ1v) is 7.48. The van der Waals surface area contributed by atoms with Crippen LogP contribution < -0.4 is 5.56 Å². The van der Waals surface area contributed by atoms with E-state index >= 15 is 0 Å². The molecule has 0 bridgehead atoms. The monoisotopic (exact) mass is 291 g/mol. The Morgan fingerprint density at radius 1 is 1.45 bits per heavy atom. The number of aromatic amines is 1. The molecule has 2 aromatic heterocycles. The third kappa shape index (κ3) is 2.47. The normalized spacial score (nSPS) is 13.5. The molecule has 104 valence electrons. The molecule has 0 radical (unpaired) electrons. The van der Waals surface area contributed by atoms with Crippen molar-refractivity contribution in [2.75, 3.05) is 0 Å². The van der Waals surface area contributed by atoms with Crippen molar-refractivity contribution in [3.8, 4) is 0 Å². The second kappa shape index (κ2) is 5.36. The van der Waals surface area contributed by atoms with Crippen LogP contribution in [0.3, 0.4) is 0 Å². The fourth-order valence-electron chi connectivity index (χ4n) is 2.37. The smallest absolute Gasteiger partial charge is 0.254 e. The molecule has 20 heavy (non-hydrogen) atoms. The number of halogens is 1. The third-order valence-electron chi connectivity index (χ3n) is 3.49. The van der Waals surface area contributed by atoms with Crippen LogP contribution >= 0.6 is 11.8 Å². The van der Waals surface area contributed by atoms with Crippen LogP contribution in [0.4, 0.5) is 4.39 Å². The number of hydrogen-bond donors (Lipinski definition) is 1. The zero-order valence-corrected chi connectivity index (χ0v) is 11.9. The first-order valence-electron chi connectivity index (χ1n) is 6.50. The quantitative estimate of drug-likeness (QED) is 0.697. The van der Waals surface area contributed by atoms with E-state index in [0.717, 1.165) is 30.5 Å². The van der Waals surface area contributed by atoms with Gasteiger partial charge >= 0.3 is 0 Å². The number of aromatic nitrogens is 3. The summed E-state index contributed by atoms with van der Waals surface area (Å²) in [5, 5.41) is 0.554. The molecule has 0 aromatic carbocycles. The van der Waals surface area contributed by atoms with E-state index in [-0.39, 0.29) is 11.4 Å². The summed E-state index contributed by atoms with van der Waals surface area (Å²) >= 11 is 1.34. The van der Waals surface area contributed by atoms with E-state index in [2.05, 4.69) is 15.0 Å². The number of aryl methyl sites for hydroxylation is 2. The summed E-state index contributed by atoms with van der Waals surface area (Å²) in [4.78, 5) is 23.2. The van der Waals surface area contributed by atoms with Crippen LogP contribution in [0.25, 0.3) is 0 Å².